The van der Waals surface area contributed by atoms with E-state index >= 15 is 0 Å². The Hall–Kier alpha value is -3.07. The molecule has 3 aromatic rings. The summed E-state index contributed by atoms with van der Waals surface area (Å²) in [6.07, 6.45) is 0. The summed E-state index contributed by atoms with van der Waals surface area (Å²) in [5.74, 6) is -0.704. The minimum atomic E-state index is -4.16. The van der Waals surface area contributed by atoms with Crippen molar-refractivity contribution in [3.05, 3.63) is 94.0 Å². The lowest BCUT2D eigenvalue weighted by atomic mass is 10.1. The molecule has 0 heterocycles. The first-order chi connectivity index (χ1) is 18.4. The number of hydrogen-bond acceptors (Lipinski definition) is 4. The normalized spacial score (nSPS) is 12.2. The van der Waals surface area contributed by atoms with Crippen LogP contribution in [0.4, 0.5) is 5.69 Å². The van der Waals surface area contributed by atoms with Gasteiger partial charge in [-0.15, -0.1) is 0 Å². The maximum Gasteiger partial charge on any atom is 0.264 e. The topological polar surface area (TPSA) is 86.8 Å². The van der Waals surface area contributed by atoms with Gasteiger partial charge in [-0.05, 0) is 61.2 Å². The molecule has 10 heteroatoms. The zero-order chi connectivity index (χ0) is 28.7. The number of nitrogens with one attached hydrogen (secondary N) is 1. The molecule has 0 aliphatic rings. The first-order valence-electron chi connectivity index (χ1n) is 12.6. The zero-order valence-corrected chi connectivity index (χ0v) is 24.7. The molecule has 1 N–H and O–H groups in total. The average molecular weight is 591 g/mol. The molecule has 1 unspecified atom stereocenters. The predicted molar refractivity (Wildman–Crippen MR) is 156 cm³/mol. The number of aryl methyl sites for hydroxylation is 1. The predicted octanol–water partition coefficient (Wildman–Crippen LogP) is 5.69. The van der Waals surface area contributed by atoms with E-state index in [9.17, 15) is 18.0 Å². The van der Waals surface area contributed by atoms with E-state index in [1.807, 2.05) is 13.8 Å². The molecule has 0 radical (unpaired) electrons. The Balaban J connectivity index is 2.03. The van der Waals surface area contributed by atoms with Crippen LogP contribution >= 0.6 is 23.2 Å². The molecule has 7 nitrogen and oxygen atoms in total. The molecule has 0 aromatic heterocycles. The number of rotatable bonds is 11. The van der Waals surface area contributed by atoms with Crippen molar-refractivity contribution in [3.63, 3.8) is 0 Å². The maximum atomic E-state index is 13.9. The molecule has 3 aromatic carbocycles. The van der Waals surface area contributed by atoms with Crippen molar-refractivity contribution in [1.82, 2.24) is 10.2 Å². The molecule has 39 heavy (non-hydrogen) atoms. The van der Waals surface area contributed by atoms with Gasteiger partial charge in [0.15, 0.2) is 0 Å². The molecule has 2 amide bonds. The zero-order valence-electron chi connectivity index (χ0n) is 22.4. The second-order valence-electron chi connectivity index (χ2n) is 9.69. The summed E-state index contributed by atoms with van der Waals surface area (Å²) in [6.45, 7) is 7.26. The molecule has 3 rings (SSSR count). The van der Waals surface area contributed by atoms with Crippen molar-refractivity contribution in [2.24, 2.45) is 5.92 Å². The molecule has 1 atom stereocenters. The van der Waals surface area contributed by atoms with E-state index in [2.05, 4.69) is 5.32 Å². The lowest BCUT2D eigenvalue weighted by molar-refractivity contribution is -0.139. The van der Waals surface area contributed by atoms with E-state index in [4.69, 9.17) is 23.2 Å². The van der Waals surface area contributed by atoms with Crippen LogP contribution in [0, 0.1) is 12.8 Å². The van der Waals surface area contributed by atoms with E-state index in [-0.39, 0.29) is 29.0 Å². The fourth-order valence-corrected chi connectivity index (χ4v) is 5.63. The molecular formula is C29H33Cl2N3O4S. The first kappa shape index (κ1) is 30.5. The number of carbonyl (C=O) groups excluding carboxylic acids is 2. The lowest BCUT2D eigenvalue weighted by Gasteiger charge is -2.32. The van der Waals surface area contributed by atoms with Crippen LogP contribution in [0.2, 0.25) is 10.0 Å². The highest BCUT2D eigenvalue weighted by Crippen LogP contribution is 2.29. The number of sulfonamides is 1. The Kier molecular flexibility index (Phi) is 10.4. The summed E-state index contributed by atoms with van der Waals surface area (Å²) >= 11 is 12.7. The Labute approximate surface area is 240 Å². The van der Waals surface area contributed by atoms with Crippen LogP contribution in [0.15, 0.2) is 77.7 Å². The minimum Gasteiger partial charge on any atom is -0.354 e. The van der Waals surface area contributed by atoms with E-state index in [0.29, 0.717) is 22.2 Å². The molecular weight excluding hydrogens is 557 g/mol. The summed E-state index contributed by atoms with van der Waals surface area (Å²) in [6, 6.07) is 18.8. The smallest absolute Gasteiger partial charge is 0.264 e. The van der Waals surface area contributed by atoms with Crippen LogP contribution in [-0.2, 0) is 26.2 Å². The summed E-state index contributed by atoms with van der Waals surface area (Å²) in [4.78, 5) is 28.3. The van der Waals surface area contributed by atoms with Gasteiger partial charge >= 0.3 is 0 Å². The van der Waals surface area contributed by atoms with Gasteiger partial charge in [-0.3, -0.25) is 13.9 Å². The lowest BCUT2D eigenvalue weighted by Crippen LogP contribution is -2.51. The molecule has 0 saturated carbocycles. The van der Waals surface area contributed by atoms with Gasteiger partial charge in [0, 0.05) is 23.1 Å². The standard InChI is InChI=1S/C29H33Cl2N3O4S/c1-20(2)17-32-29(36)22(4)33(18-23-10-8-9-13-26(23)30)28(35)19-34(24-15-14-21(3)27(31)16-24)39(37,38)25-11-6-5-7-12-25/h5-16,20,22H,17-19H2,1-4H3,(H,32,36). The van der Waals surface area contributed by atoms with E-state index in [1.54, 1.807) is 68.4 Å². The second-order valence-corrected chi connectivity index (χ2v) is 12.4. The Bertz CT molecular complexity index is 1420. The maximum absolute atomic E-state index is 13.9. The third-order valence-electron chi connectivity index (χ3n) is 6.20. The molecule has 0 aliphatic heterocycles. The summed E-state index contributed by atoms with van der Waals surface area (Å²) in [7, 11) is -4.16. The van der Waals surface area contributed by atoms with Crippen molar-refractivity contribution < 1.29 is 18.0 Å². The van der Waals surface area contributed by atoms with Crippen molar-refractivity contribution in [2.75, 3.05) is 17.4 Å². The van der Waals surface area contributed by atoms with Crippen LogP contribution < -0.4 is 9.62 Å². The average Bonchev–Trinajstić information content (AvgIpc) is 2.91. The highest BCUT2D eigenvalue weighted by Gasteiger charge is 2.33. The van der Waals surface area contributed by atoms with Gasteiger partial charge in [-0.1, -0.05) is 79.5 Å². The molecule has 0 aliphatic carbocycles. The first-order valence-corrected chi connectivity index (χ1v) is 14.8. The van der Waals surface area contributed by atoms with Gasteiger partial charge in [-0.25, -0.2) is 8.42 Å². The summed E-state index contributed by atoms with van der Waals surface area (Å²) in [5, 5.41) is 3.66. The Morgan fingerprint density at radius 1 is 0.897 bits per heavy atom. The van der Waals surface area contributed by atoms with Gasteiger partial charge in [0.25, 0.3) is 10.0 Å². The molecule has 208 valence electrons. The largest absolute Gasteiger partial charge is 0.354 e. The van der Waals surface area contributed by atoms with Crippen molar-refractivity contribution in [3.8, 4) is 0 Å². The molecule has 0 fully saturated rings. The number of nitrogens with zero attached hydrogens (tertiary/aromatic N) is 2. The van der Waals surface area contributed by atoms with Crippen LogP contribution in [0.3, 0.4) is 0 Å². The van der Waals surface area contributed by atoms with Crippen molar-refractivity contribution >= 4 is 50.7 Å². The molecule has 0 saturated heterocycles. The quantitative estimate of drug-likeness (QED) is 0.311. The van der Waals surface area contributed by atoms with Crippen molar-refractivity contribution in [1.29, 1.82) is 0 Å². The van der Waals surface area contributed by atoms with Gasteiger partial charge in [-0.2, -0.15) is 0 Å². The van der Waals surface area contributed by atoms with E-state index < -0.39 is 28.5 Å². The van der Waals surface area contributed by atoms with Gasteiger partial charge in [0.1, 0.15) is 12.6 Å². The fourth-order valence-electron chi connectivity index (χ4n) is 3.83. The van der Waals surface area contributed by atoms with Crippen LogP contribution in [0.25, 0.3) is 0 Å². The Morgan fingerprint density at radius 3 is 2.15 bits per heavy atom. The Morgan fingerprint density at radius 2 is 1.54 bits per heavy atom. The number of benzene rings is 3. The third-order valence-corrected chi connectivity index (χ3v) is 8.77. The highest BCUT2D eigenvalue weighted by molar-refractivity contribution is 7.92. The van der Waals surface area contributed by atoms with Gasteiger partial charge in [0.05, 0.1) is 10.6 Å². The summed E-state index contributed by atoms with van der Waals surface area (Å²) < 4.78 is 28.6. The van der Waals surface area contributed by atoms with Crippen LogP contribution in [0.5, 0.6) is 0 Å². The van der Waals surface area contributed by atoms with Crippen molar-refractivity contribution in [2.45, 2.75) is 45.2 Å². The fraction of sp³-hybridized carbons (Fsp3) is 0.310. The molecule has 0 spiro atoms. The van der Waals surface area contributed by atoms with E-state index in [1.165, 1.54) is 23.1 Å². The van der Waals surface area contributed by atoms with Gasteiger partial charge < -0.3 is 10.2 Å². The van der Waals surface area contributed by atoms with E-state index in [0.717, 1.165) is 9.87 Å². The number of halogens is 2. The van der Waals surface area contributed by atoms with Crippen LogP contribution in [-0.4, -0.2) is 44.3 Å². The third kappa shape index (κ3) is 7.75. The van der Waals surface area contributed by atoms with Crippen LogP contribution in [0.1, 0.15) is 31.9 Å². The second kappa shape index (κ2) is 13.3. The number of anilines is 1. The van der Waals surface area contributed by atoms with Gasteiger partial charge in [0.2, 0.25) is 11.8 Å². The SMILES string of the molecule is Cc1ccc(N(CC(=O)N(Cc2ccccc2Cl)C(C)C(=O)NCC(C)C)S(=O)(=O)c2ccccc2)cc1Cl. The minimum absolute atomic E-state index is 0.0165. The molecule has 0 bridgehead atoms. The number of carbonyl (C=O) groups is 2. The summed E-state index contributed by atoms with van der Waals surface area (Å²) in [5.41, 5.74) is 1.63. The highest BCUT2D eigenvalue weighted by atomic mass is 35.5. The number of hydrogen-bond donors (Lipinski definition) is 1. The monoisotopic (exact) mass is 589 g/mol. The number of amides is 2.